The van der Waals surface area contributed by atoms with Gasteiger partial charge in [-0.3, -0.25) is 9.69 Å². The summed E-state index contributed by atoms with van der Waals surface area (Å²) < 4.78 is 1.92. The van der Waals surface area contributed by atoms with Gasteiger partial charge in [-0.15, -0.1) is 5.10 Å². The first-order valence-corrected chi connectivity index (χ1v) is 10.9. The molecule has 3 heterocycles. The molecule has 7 nitrogen and oxygen atoms in total. The van der Waals surface area contributed by atoms with E-state index < -0.39 is 0 Å². The van der Waals surface area contributed by atoms with Gasteiger partial charge in [0.1, 0.15) is 0 Å². The number of nitrogens with zero attached hydrogens (tertiary/aromatic N) is 4. The summed E-state index contributed by atoms with van der Waals surface area (Å²) in [5.74, 6) is 0.653. The van der Waals surface area contributed by atoms with E-state index in [1.807, 2.05) is 23.7 Å². The molecule has 0 aliphatic carbocycles. The molecule has 0 spiro atoms. The highest BCUT2D eigenvalue weighted by atomic mass is 16.2. The van der Waals surface area contributed by atoms with E-state index in [2.05, 4.69) is 44.9 Å². The number of amides is 1. The average Bonchev–Trinajstić information content (AvgIpc) is 3.13. The molecule has 29 heavy (non-hydrogen) atoms. The van der Waals surface area contributed by atoms with Crippen molar-refractivity contribution in [1.29, 1.82) is 0 Å². The first kappa shape index (κ1) is 20.0. The molecule has 0 saturated carbocycles. The van der Waals surface area contributed by atoms with Crippen molar-refractivity contribution < 1.29 is 4.79 Å². The quantitative estimate of drug-likeness (QED) is 0.813. The van der Waals surface area contributed by atoms with Crippen LogP contribution in [-0.2, 0) is 6.54 Å². The molecule has 0 radical (unpaired) electrons. The van der Waals surface area contributed by atoms with Crippen LogP contribution in [0.3, 0.4) is 0 Å². The van der Waals surface area contributed by atoms with E-state index in [0.717, 1.165) is 49.8 Å². The van der Waals surface area contributed by atoms with E-state index in [0.29, 0.717) is 11.7 Å². The summed E-state index contributed by atoms with van der Waals surface area (Å²) in [5, 5.41) is 14.7. The fourth-order valence-corrected chi connectivity index (χ4v) is 4.31. The van der Waals surface area contributed by atoms with Gasteiger partial charge in [-0.2, -0.15) is 0 Å². The molecule has 1 aromatic heterocycles. The number of benzene rings is 1. The maximum absolute atomic E-state index is 12.7. The minimum atomic E-state index is -0.194. The second kappa shape index (κ2) is 9.05. The summed E-state index contributed by atoms with van der Waals surface area (Å²) in [6, 6.07) is 8.49. The number of hydrogen-bond acceptors (Lipinski definition) is 5. The van der Waals surface area contributed by atoms with Crippen LogP contribution >= 0.6 is 0 Å². The predicted molar refractivity (Wildman–Crippen MR) is 114 cm³/mol. The Morgan fingerprint density at radius 3 is 2.52 bits per heavy atom. The summed E-state index contributed by atoms with van der Waals surface area (Å²) in [6.45, 7) is 9.55. The Morgan fingerprint density at radius 1 is 1.14 bits per heavy atom. The monoisotopic (exact) mass is 396 g/mol. The number of piperidine rings is 2. The predicted octanol–water partition coefficient (Wildman–Crippen LogP) is 3.00. The molecule has 0 unspecified atom stereocenters. The van der Waals surface area contributed by atoms with Gasteiger partial charge >= 0.3 is 0 Å². The highest BCUT2D eigenvalue weighted by Gasteiger charge is 2.23. The number of rotatable bonds is 5. The molecule has 1 aromatic carbocycles. The maximum Gasteiger partial charge on any atom is 0.278 e. The third kappa shape index (κ3) is 4.85. The molecule has 2 saturated heterocycles. The minimum Gasteiger partial charge on any atom is -0.321 e. The fourth-order valence-electron chi connectivity index (χ4n) is 4.31. The van der Waals surface area contributed by atoms with Crippen molar-refractivity contribution in [1.82, 2.24) is 25.2 Å². The van der Waals surface area contributed by atoms with Crippen LogP contribution in [0, 0.1) is 12.8 Å². The molecule has 7 heteroatoms. The van der Waals surface area contributed by atoms with Crippen molar-refractivity contribution in [2.24, 2.45) is 5.92 Å². The van der Waals surface area contributed by atoms with Gasteiger partial charge in [0.05, 0.1) is 11.7 Å². The van der Waals surface area contributed by atoms with E-state index in [9.17, 15) is 4.79 Å². The molecule has 156 valence electrons. The first-order valence-electron chi connectivity index (χ1n) is 10.9. The third-order valence-electron chi connectivity index (χ3n) is 6.29. The van der Waals surface area contributed by atoms with Crippen LogP contribution in [0.2, 0.25) is 0 Å². The van der Waals surface area contributed by atoms with Crippen molar-refractivity contribution in [2.45, 2.75) is 52.1 Å². The first-order chi connectivity index (χ1) is 14.1. The van der Waals surface area contributed by atoms with Crippen LogP contribution in [0.4, 0.5) is 5.69 Å². The standard InChI is InChI=1S/C22H32N6O/c1-16-9-13-27(14-10-16)15-18-3-5-19(6-4-18)24-22(29)21-17(2)28(26-25-21)20-7-11-23-12-8-20/h3-6,16,20,23H,7-15H2,1-2H3,(H,24,29). The second-order valence-electron chi connectivity index (χ2n) is 8.56. The summed E-state index contributed by atoms with van der Waals surface area (Å²) >= 11 is 0. The van der Waals surface area contributed by atoms with Crippen LogP contribution < -0.4 is 10.6 Å². The molecular weight excluding hydrogens is 364 g/mol. The molecular formula is C22H32N6O. The number of nitrogens with one attached hydrogen (secondary N) is 2. The molecule has 2 aromatic rings. The van der Waals surface area contributed by atoms with Crippen molar-refractivity contribution in [3.63, 3.8) is 0 Å². The zero-order valence-corrected chi connectivity index (χ0v) is 17.5. The number of hydrogen-bond donors (Lipinski definition) is 2. The van der Waals surface area contributed by atoms with Gasteiger partial charge in [0.2, 0.25) is 0 Å². The lowest BCUT2D eigenvalue weighted by Gasteiger charge is -2.30. The van der Waals surface area contributed by atoms with Crippen LogP contribution in [0.1, 0.15) is 60.4 Å². The Bertz CT molecular complexity index is 816. The Hall–Kier alpha value is -2.25. The van der Waals surface area contributed by atoms with Crippen LogP contribution in [-0.4, -0.2) is 52.0 Å². The molecule has 2 fully saturated rings. The highest BCUT2D eigenvalue weighted by Crippen LogP contribution is 2.22. The zero-order valence-electron chi connectivity index (χ0n) is 17.5. The van der Waals surface area contributed by atoms with Crippen molar-refractivity contribution in [3.05, 3.63) is 41.2 Å². The van der Waals surface area contributed by atoms with E-state index >= 15 is 0 Å². The van der Waals surface area contributed by atoms with Gasteiger partial charge in [-0.25, -0.2) is 4.68 Å². The molecule has 0 atom stereocenters. The van der Waals surface area contributed by atoms with Crippen molar-refractivity contribution in [3.8, 4) is 0 Å². The van der Waals surface area contributed by atoms with Gasteiger partial charge in [0, 0.05) is 12.2 Å². The largest absolute Gasteiger partial charge is 0.321 e. The molecule has 2 aliphatic rings. The normalized spacial score (nSPS) is 19.4. The number of carbonyl (C=O) groups is 1. The Kier molecular flexibility index (Phi) is 6.25. The Labute approximate surface area is 172 Å². The topological polar surface area (TPSA) is 75.1 Å². The summed E-state index contributed by atoms with van der Waals surface area (Å²) in [5.41, 5.74) is 3.33. The number of anilines is 1. The van der Waals surface area contributed by atoms with E-state index in [4.69, 9.17) is 0 Å². The lowest BCUT2D eigenvalue weighted by molar-refractivity contribution is 0.102. The third-order valence-corrected chi connectivity index (χ3v) is 6.29. The van der Waals surface area contributed by atoms with Gasteiger partial charge < -0.3 is 10.6 Å². The van der Waals surface area contributed by atoms with Gasteiger partial charge in [-0.1, -0.05) is 24.3 Å². The van der Waals surface area contributed by atoms with Gasteiger partial charge in [0.25, 0.3) is 5.91 Å². The summed E-state index contributed by atoms with van der Waals surface area (Å²) in [4.78, 5) is 15.2. The second-order valence-corrected chi connectivity index (χ2v) is 8.56. The smallest absolute Gasteiger partial charge is 0.278 e. The summed E-state index contributed by atoms with van der Waals surface area (Å²) in [7, 11) is 0. The molecule has 2 N–H and O–H groups in total. The lowest BCUT2D eigenvalue weighted by atomic mass is 9.99. The van der Waals surface area contributed by atoms with Crippen molar-refractivity contribution in [2.75, 3.05) is 31.5 Å². The number of likely N-dealkylation sites (tertiary alicyclic amines) is 1. The van der Waals surface area contributed by atoms with Gasteiger partial charge in [0.15, 0.2) is 5.69 Å². The average molecular weight is 397 g/mol. The van der Waals surface area contributed by atoms with Crippen LogP contribution in [0.5, 0.6) is 0 Å². The minimum absolute atomic E-state index is 0.194. The highest BCUT2D eigenvalue weighted by molar-refractivity contribution is 6.03. The van der Waals surface area contributed by atoms with E-state index in [-0.39, 0.29) is 5.91 Å². The SMILES string of the molecule is Cc1c(C(=O)Nc2ccc(CN3CCC(C)CC3)cc2)nnn1C1CCNCC1. The number of aromatic nitrogens is 3. The van der Waals surface area contributed by atoms with Gasteiger partial charge in [-0.05, 0) is 82.4 Å². The van der Waals surface area contributed by atoms with E-state index in [1.165, 1.54) is 31.5 Å². The van der Waals surface area contributed by atoms with Crippen molar-refractivity contribution >= 4 is 11.6 Å². The molecule has 2 aliphatic heterocycles. The zero-order chi connectivity index (χ0) is 20.2. The molecule has 0 bridgehead atoms. The number of carbonyl (C=O) groups excluding carboxylic acids is 1. The molecule has 4 rings (SSSR count). The lowest BCUT2D eigenvalue weighted by Crippen LogP contribution is -2.32. The Balaban J connectivity index is 1.35. The van der Waals surface area contributed by atoms with Crippen LogP contribution in [0.25, 0.3) is 0 Å². The Morgan fingerprint density at radius 2 is 1.83 bits per heavy atom. The summed E-state index contributed by atoms with van der Waals surface area (Å²) in [6.07, 6.45) is 4.60. The van der Waals surface area contributed by atoms with Crippen LogP contribution in [0.15, 0.2) is 24.3 Å². The molecule has 1 amide bonds. The fraction of sp³-hybridized carbons (Fsp3) is 0.591. The maximum atomic E-state index is 12.7. The van der Waals surface area contributed by atoms with E-state index in [1.54, 1.807) is 0 Å².